The lowest BCUT2D eigenvalue weighted by molar-refractivity contribution is -0.0501. The summed E-state index contributed by atoms with van der Waals surface area (Å²) in [6.45, 7) is 7.47. The van der Waals surface area contributed by atoms with Gasteiger partial charge in [0, 0.05) is 32.3 Å². The minimum Gasteiger partial charge on any atom is -0.383 e. The summed E-state index contributed by atoms with van der Waals surface area (Å²) in [5, 5.41) is 3.54. The maximum atomic E-state index is 5.92. The van der Waals surface area contributed by atoms with E-state index in [-0.39, 0.29) is 5.54 Å². The van der Waals surface area contributed by atoms with Gasteiger partial charge in [0.1, 0.15) is 0 Å². The summed E-state index contributed by atoms with van der Waals surface area (Å²) < 4.78 is 10.8. The Morgan fingerprint density at radius 3 is 2.88 bits per heavy atom. The van der Waals surface area contributed by atoms with Crippen molar-refractivity contribution in [3.63, 3.8) is 0 Å². The maximum Gasteiger partial charge on any atom is 0.0616 e. The highest BCUT2D eigenvalue weighted by Crippen LogP contribution is 2.27. The van der Waals surface area contributed by atoms with Crippen molar-refractivity contribution in [1.29, 1.82) is 0 Å². The highest BCUT2D eigenvalue weighted by atomic mass is 16.5. The monoisotopic (exact) mass is 230 g/mol. The van der Waals surface area contributed by atoms with Crippen LogP contribution in [0.3, 0.4) is 0 Å². The van der Waals surface area contributed by atoms with Crippen LogP contribution in [0.2, 0.25) is 0 Å². The lowest BCUT2D eigenvalue weighted by Crippen LogP contribution is -2.57. The number of nitrogens with two attached hydrogens (primary N) is 1. The highest BCUT2D eigenvalue weighted by Gasteiger charge is 2.36. The van der Waals surface area contributed by atoms with E-state index >= 15 is 0 Å². The van der Waals surface area contributed by atoms with Crippen LogP contribution in [0.1, 0.15) is 26.7 Å². The Labute approximate surface area is 98.9 Å². The minimum atomic E-state index is 0.0473. The van der Waals surface area contributed by atoms with E-state index < -0.39 is 0 Å². The van der Waals surface area contributed by atoms with Crippen molar-refractivity contribution in [2.45, 2.75) is 38.3 Å². The highest BCUT2D eigenvalue weighted by molar-refractivity contribution is 4.94. The standard InChI is InChI=1S/C12H26N2O2/c1-10(2)11-8-12(9-13,4-6-16-11)14-5-7-15-3/h10-11,14H,4-9,13H2,1-3H3. The van der Waals surface area contributed by atoms with E-state index in [1.165, 1.54) is 0 Å². The number of hydrogen-bond acceptors (Lipinski definition) is 4. The normalized spacial score (nSPS) is 30.9. The van der Waals surface area contributed by atoms with Crippen molar-refractivity contribution in [2.75, 3.05) is 33.4 Å². The second-order valence-corrected chi connectivity index (χ2v) is 5.01. The van der Waals surface area contributed by atoms with Gasteiger partial charge in [-0.1, -0.05) is 13.8 Å². The molecule has 0 spiro atoms. The zero-order valence-electron chi connectivity index (χ0n) is 10.8. The molecule has 0 amide bonds. The van der Waals surface area contributed by atoms with Gasteiger partial charge in [0.25, 0.3) is 0 Å². The number of nitrogens with one attached hydrogen (secondary N) is 1. The third-order valence-corrected chi connectivity index (χ3v) is 3.44. The summed E-state index contributed by atoms with van der Waals surface area (Å²) in [7, 11) is 1.72. The molecule has 1 fully saturated rings. The Morgan fingerprint density at radius 1 is 1.56 bits per heavy atom. The molecule has 0 radical (unpaired) electrons. The average molecular weight is 230 g/mol. The smallest absolute Gasteiger partial charge is 0.0616 e. The molecule has 1 aliphatic rings. The van der Waals surface area contributed by atoms with Crippen molar-refractivity contribution in [1.82, 2.24) is 5.32 Å². The summed E-state index contributed by atoms with van der Waals surface area (Å²) in [6.07, 6.45) is 2.33. The Kier molecular flexibility index (Phi) is 5.69. The minimum absolute atomic E-state index is 0.0473. The Morgan fingerprint density at radius 2 is 2.31 bits per heavy atom. The first-order chi connectivity index (χ1) is 7.63. The molecule has 0 saturated carbocycles. The van der Waals surface area contributed by atoms with Crippen LogP contribution < -0.4 is 11.1 Å². The van der Waals surface area contributed by atoms with Crippen molar-refractivity contribution in [2.24, 2.45) is 11.7 Å². The molecule has 1 saturated heterocycles. The van der Waals surface area contributed by atoms with Crippen LogP contribution in [0.4, 0.5) is 0 Å². The van der Waals surface area contributed by atoms with E-state index in [1.54, 1.807) is 7.11 Å². The fourth-order valence-corrected chi connectivity index (χ4v) is 2.22. The summed E-state index contributed by atoms with van der Waals surface area (Å²) in [4.78, 5) is 0. The van der Waals surface area contributed by atoms with Crippen LogP contribution in [-0.4, -0.2) is 45.1 Å². The van der Waals surface area contributed by atoms with E-state index in [9.17, 15) is 0 Å². The number of hydrogen-bond donors (Lipinski definition) is 2. The van der Waals surface area contributed by atoms with Crippen molar-refractivity contribution in [3.05, 3.63) is 0 Å². The largest absolute Gasteiger partial charge is 0.383 e. The van der Waals surface area contributed by atoms with Gasteiger partial charge in [-0.2, -0.15) is 0 Å². The zero-order valence-corrected chi connectivity index (χ0v) is 10.8. The molecule has 0 bridgehead atoms. The van der Waals surface area contributed by atoms with E-state index in [0.717, 1.165) is 32.6 Å². The molecule has 1 aliphatic heterocycles. The Balaban J connectivity index is 2.49. The number of methoxy groups -OCH3 is 1. The molecule has 2 atom stereocenters. The molecule has 4 nitrogen and oxygen atoms in total. The number of rotatable bonds is 6. The van der Waals surface area contributed by atoms with Crippen LogP contribution in [-0.2, 0) is 9.47 Å². The fraction of sp³-hybridized carbons (Fsp3) is 1.00. The van der Waals surface area contributed by atoms with Crippen LogP contribution in [0.5, 0.6) is 0 Å². The van der Waals surface area contributed by atoms with E-state index in [0.29, 0.717) is 18.6 Å². The predicted molar refractivity (Wildman–Crippen MR) is 65.5 cm³/mol. The van der Waals surface area contributed by atoms with Crippen LogP contribution >= 0.6 is 0 Å². The third kappa shape index (κ3) is 3.70. The molecule has 0 aromatic rings. The van der Waals surface area contributed by atoms with Crippen molar-refractivity contribution in [3.8, 4) is 0 Å². The Hall–Kier alpha value is -0.160. The molecular weight excluding hydrogens is 204 g/mol. The topological polar surface area (TPSA) is 56.5 Å². The molecule has 0 aliphatic carbocycles. The van der Waals surface area contributed by atoms with Gasteiger partial charge >= 0.3 is 0 Å². The van der Waals surface area contributed by atoms with Gasteiger partial charge in [-0.15, -0.1) is 0 Å². The van der Waals surface area contributed by atoms with Crippen LogP contribution in [0, 0.1) is 5.92 Å². The molecule has 2 unspecified atom stereocenters. The summed E-state index contributed by atoms with van der Waals surface area (Å²) in [5.74, 6) is 0.551. The first-order valence-corrected chi connectivity index (χ1v) is 6.19. The quantitative estimate of drug-likeness (QED) is 0.661. The molecule has 0 aromatic heterocycles. The third-order valence-electron chi connectivity index (χ3n) is 3.44. The first-order valence-electron chi connectivity index (χ1n) is 6.19. The van der Waals surface area contributed by atoms with E-state index in [1.807, 2.05) is 0 Å². The Bertz CT molecular complexity index is 199. The fourth-order valence-electron chi connectivity index (χ4n) is 2.22. The molecule has 1 heterocycles. The van der Waals surface area contributed by atoms with Crippen LogP contribution in [0.15, 0.2) is 0 Å². The molecule has 4 heteroatoms. The zero-order chi connectivity index (χ0) is 12.0. The molecule has 1 rings (SSSR count). The number of ether oxygens (including phenoxy) is 2. The van der Waals surface area contributed by atoms with Gasteiger partial charge in [-0.05, 0) is 18.8 Å². The lowest BCUT2D eigenvalue weighted by Gasteiger charge is -2.42. The average Bonchev–Trinajstić information content (AvgIpc) is 2.30. The van der Waals surface area contributed by atoms with Gasteiger partial charge < -0.3 is 20.5 Å². The van der Waals surface area contributed by atoms with Crippen molar-refractivity contribution >= 4 is 0 Å². The predicted octanol–water partition coefficient (Wildman–Crippen LogP) is 0.755. The molecule has 3 N–H and O–H groups in total. The summed E-state index contributed by atoms with van der Waals surface area (Å²) in [5.41, 5.74) is 5.97. The summed E-state index contributed by atoms with van der Waals surface area (Å²) >= 11 is 0. The first kappa shape index (κ1) is 13.9. The second kappa shape index (κ2) is 6.55. The molecule has 0 aromatic carbocycles. The maximum absolute atomic E-state index is 5.92. The van der Waals surface area contributed by atoms with E-state index in [2.05, 4.69) is 19.2 Å². The summed E-state index contributed by atoms with van der Waals surface area (Å²) in [6, 6.07) is 0. The van der Waals surface area contributed by atoms with Gasteiger partial charge in [-0.3, -0.25) is 0 Å². The van der Waals surface area contributed by atoms with E-state index in [4.69, 9.17) is 15.2 Å². The van der Waals surface area contributed by atoms with Crippen molar-refractivity contribution < 1.29 is 9.47 Å². The second-order valence-electron chi connectivity index (χ2n) is 5.01. The molecular formula is C12H26N2O2. The van der Waals surface area contributed by atoms with Gasteiger partial charge in [0.05, 0.1) is 12.7 Å². The van der Waals surface area contributed by atoms with Gasteiger partial charge in [-0.25, -0.2) is 0 Å². The molecule has 96 valence electrons. The lowest BCUT2D eigenvalue weighted by atomic mass is 9.83. The van der Waals surface area contributed by atoms with Crippen LogP contribution in [0.25, 0.3) is 0 Å². The SMILES string of the molecule is COCCNC1(CN)CCOC(C(C)C)C1. The van der Waals surface area contributed by atoms with Gasteiger partial charge in [0.2, 0.25) is 0 Å². The van der Waals surface area contributed by atoms with Gasteiger partial charge in [0.15, 0.2) is 0 Å². The molecule has 16 heavy (non-hydrogen) atoms.